The molecular weight excluding hydrogens is 288 g/mol. The maximum Gasteiger partial charge on any atom is 0.302 e. The van der Waals surface area contributed by atoms with Gasteiger partial charge < -0.3 is 9.47 Å². The highest BCUT2D eigenvalue weighted by Crippen LogP contribution is 2.57. The predicted molar refractivity (Wildman–Crippen MR) is 91.2 cm³/mol. The summed E-state index contributed by atoms with van der Waals surface area (Å²) < 4.78 is 11.0. The van der Waals surface area contributed by atoms with Gasteiger partial charge >= 0.3 is 5.97 Å². The molecule has 0 heterocycles. The van der Waals surface area contributed by atoms with Crippen LogP contribution < -0.4 is 0 Å². The summed E-state index contributed by atoms with van der Waals surface area (Å²) in [5, 5.41) is 0. The molecule has 3 rings (SSSR count). The number of carbonyl (C=O) groups excluding carboxylic acids is 1. The summed E-state index contributed by atoms with van der Waals surface area (Å²) in [6.45, 7) is 1.54. The number of rotatable bonds is 4. The van der Waals surface area contributed by atoms with Crippen molar-refractivity contribution in [2.45, 2.75) is 96.2 Å². The summed E-state index contributed by atoms with van der Waals surface area (Å²) >= 11 is 0. The van der Waals surface area contributed by atoms with Gasteiger partial charge in [-0.1, -0.05) is 12.8 Å². The minimum absolute atomic E-state index is 0.109. The van der Waals surface area contributed by atoms with Crippen molar-refractivity contribution in [3.8, 4) is 0 Å². The van der Waals surface area contributed by atoms with Crippen LogP contribution in [-0.4, -0.2) is 25.3 Å². The first-order valence-electron chi connectivity index (χ1n) is 9.84. The van der Waals surface area contributed by atoms with Gasteiger partial charge in [0.25, 0.3) is 0 Å². The van der Waals surface area contributed by atoms with Crippen LogP contribution in [0.2, 0.25) is 0 Å². The van der Waals surface area contributed by atoms with Crippen molar-refractivity contribution in [2.75, 3.05) is 7.11 Å². The van der Waals surface area contributed by atoms with Gasteiger partial charge in [0.15, 0.2) is 0 Å². The van der Waals surface area contributed by atoms with Crippen molar-refractivity contribution < 1.29 is 14.3 Å². The third kappa shape index (κ3) is 3.75. The molecule has 23 heavy (non-hydrogen) atoms. The molecule has 3 saturated carbocycles. The molecule has 0 saturated heterocycles. The van der Waals surface area contributed by atoms with Crippen LogP contribution in [-0.2, 0) is 14.3 Å². The predicted octanol–water partition coefficient (Wildman–Crippen LogP) is 4.87. The Hall–Kier alpha value is -0.570. The fourth-order valence-electron chi connectivity index (χ4n) is 6.05. The van der Waals surface area contributed by atoms with Crippen molar-refractivity contribution in [1.29, 1.82) is 0 Å². The van der Waals surface area contributed by atoms with Crippen LogP contribution in [0.15, 0.2) is 0 Å². The third-order valence-corrected chi connectivity index (χ3v) is 7.17. The summed E-state index contributed by atoms with van der Waals surface area (Å²) in [6.07, 6.45) is 16.4. The lowest BCUT2D eigenvalue weighted by molar-refractivity contribution is -0.149. The van der Waals surface area contributed by atoms with Gasteiger partial charge in [-0.25, -0.2) is 0 Å². The van der Waals surface area contributed by atoms with Gasteiger partial charge in [-0.15, -0.1) is 0 Å². The fraction of sp³-hybridized carbons (Fsp3) is 0.950. The Kier molecular flexibility index (Phi) is 5.66. The first-order chi connectivity index (χ1) is 11.1. The van der Waals surface area contributed by atoms with Crippen LogP contribution in [0.3, 0.4) is 0 Å². The van der Waals surface area contributed by atoms with Gasteiger partial charge in [0.05, 0.1) is 6.10 Å². The monoisotopic (exact) mass is 322 g/mol. The summed E-state index contributed by atoms with van der Waals surface area (Å²) in [5.41, 5.74) is 0.597. The lowest BCUT2D eigenvalue weighted by atomic mass is 9.57. The van der Waals surface area contributed by atoms with E-state index in [1.54, 1.807) is 6.92 Å². The van der Waals surface area contributed by atoms with E-state index in [-0.39, 0.29) is 12.1 Å². The minimum atomic E-state index is -0.109. The maximum absolute atomic E-state index is 11.2. The quantitative estimate of drug-likeness (QED) is 0.692. The van der Waals surface area contributed by atoms with Gasteiger partial charge in [-0.05, 0) is 81.5 Å². The molecule has 0 aromatic heterocycles. The van der Waals surface area contributed by atoms with E-state index in [2.05, 4.69) is 0 Å². The Morgan fingerprint density at radius 2 is 1.30 bits per heavy atom. The van der Waals surface area contributed by atoms with E-state index in [4.69, 9.17) is 9.47 Å². The van der Waals surface area contributed by atoms with E-state index < -0.39 is 0 Å². The fourth-order valence-corrected chi connectivity index (χ4v) is 6.05. The van der Waals surface area contributed by atoms with Crippen molar-refractivity contribution >= 4 is 5.97 Å². The van der Waals surface area contributed by atoms with E-state index in [9.17, 15) is 4.79 Å². The zero-order chi connectivity index (χ0) is 16.3. The second-order valence-electron chi connectivity index (χ2n) is 8.23. The largest absolute Gasteiger partial charge is 0.463 e. The lowest BCUT2D eigenvalue weighted by Crippen LogP contribution is -2.41. The molecule has 3 aliphatic rings. The minimum Gasteiger partial charge on any atom is -0.463 e. The van der Waals surface area contributed by atoms with Crippen LogP contribution in [0.25, 0.3) is 0 Å². The van der Waals surface area contributed by atoms with Gasteiger partial charge in [0.1, 0.15) is 6.10 Å². The number of esters is 1. The summed E-state index contributed by atoms with van der Waals surface area (Å²) in [7, 11) is 1.87. The summed E-state index contributed by atoms with van der Waals surface area (Å²) in [4.78, 5) is 11.2. The van der Waals surface area contributed by atoms with Crippen LogP contribution in [0, 0.1) is 17.3 Å². The molecule has 3 fully saturated rings. The van der Waals surface area contributed by atoms with E-state index in [0.29, 0.717) is 11.5 Å². The van der Waals surface area contributed by atoms with Gasteiger partial charge in [0, 0.05) is 14.0 Å². The third-order valence-electron chi connectivity index (χ3n) is 7.17. The summed E-state index contributed by atoms with van der Waals surface area (Å²) in [5.74, 6) is 1.66. The molecule has 0 aliphatic heterocycles. The van der Waals surface area contributed by atoms with Crippen LogP contribution in [0.5, 0.6) is 0 Å². The number of carbonyl (C=O) groups is 1. The molecule has 0 bridgehead atoms. The van der Waals surface area contributed by atoms with Gasteiger partial charge in [0.2, 0.25) is 0 Å². The lowest BCUT2D eigenvalue weighted by Gasteiger charge is -2.49. The van der Waals surface area contributed by atoms with Crippen molar-refractivity contribution in [1.82, 2.24) is 0 Å². The standard InChI is InChI=1S/C20H34O3/c1-15(21)23-19-11-7-17(8-12-19)20(13-3-4-14-20)16-5-9-18(22-2)10-6-16/h16-19H,3-14H2,1-2H3. The Bertz CT molecular complexity index is 384. The van der Waals surface area contributed by atoms with E-state index >= 15 is 0 Å². The average molecular weight is 322 g/mol. The zero-order valence-electron chi connectivity index (χ0n) is 15.0. The Morgan fingerprint density at radius 3 is 1.74 bits per heavy atom. The number of hydrogen-bond donors (Lipinski definition) is 0. The van der Waals surface area contributed by atoms with Crippen molar-refractivity contribution in [3.05, 3.63) is 0 Å². The van der Waals surface area contributed by atoms with Gasteiger partial charge in [-0.3, -0.25) is 4.79 Å². The Labute approximate surface area is 141 Å². The second-order valence-corrected chi connectivity index (χ2v) is 8.23. The molecule has 0 radical (unpaired) electrons. The van der Waals surface area contributed by atoms with Crippen LogP contribution in [0.4, 0.5) is 0 Å². The van der Waals surface area contributed by atoms with Crippen LogP contribution in [0.1, 0.15) is 84.0 Å². The topological polar surface area (TPSA) is 35.5 Å². The van der Waals surface area contributed by atoms with E-state index in [1.165, 1.54) is 64.2 Å². The first kappa shape index (κ1) is 17.3. The Balaban J connectivity index is 1.62. The molecule has 132 valence electrons. The second kappa shape index (κ2) is 7.55. The summed E-state index contributed by atoms with van der Waals surface area (Å²) in [6, 6.07) is 0. The molecular formula is C20H34O3. The zero-order valence-corrected chi connectivity index (χ0v) is 15.0. The van der Waals surface area contributed by atoms with E-state index in [1.807, 2.05) is 7.11 Å². The average Bonchev–Trinajstić information content (AvgIpc) is 3.06. The molecule has 3 nitrogen and oxygen atoms in total. The molecule has 0 aromatic rings. The molecule has 0 spiro atoms. The smallest absolute Gasteiger partial charge is 0.302 e. The number of ether oxygens (including phenoxy) is 2. The number of hydrogen-bond acceptors (Lipinski definition) is 3. The normalized spacial score (nSPS) is 37.5. The van der Waals surface area contributed by atoms with Crippen molar-refractivity contribution in [3.63, 3.8) is 0 Å². The highest BCUT2D eigenvalue weighted by Gasteiger charge is 2.48. The van der Waals surface area contributed by atoms with Crippen LogP contribution >= 0.6 is 0 Å². The highest BCUT2D eigenvalue weighted by atomic mass is 16.5. The molecule has 0 atom stereocenters. The molecule has 0 aromatic carbocycles. The van der Waals surface area contributed by atoms with E-state index in [0.717, 1.165) is 24.7 Å². The molecule has 3 aliphatic carbocycles. The SMILES string of the molecule is COC1CCC(C2(C3CCC(OC(C)=O)CC3)CCCC2)CC1. The molecule has 3 heteroatoms. The van der Waals surface area contributed by atoms with Crippen molar-refractivity contribution in [2.24, 2.45) is 17.3 Å². The highest BCUT2D eigenvalue weighted by molar-refractivity contribution is 5.66. The Morgan fingerprint density at radius 1 is 0.826 bits per heavy atom. The van der Waals surface area contributed by atoms with Gasteiger partial charge in [-0.2, -0.15) is 0 Å². The first-order valence-corrected chi connectivity index (χ1v) is 9.84. The molecule has 0 unspecified atom stereocenters. The maximum atomic E-state index is 11.2. The molecule has 0 N–H and O–H groups in total. The molecule has 0 amide bonds. The number of methoxy groups -OCH3 is 1.